The summed E-state index contributed by atoms with van der Waals surface area (Å²) < 4.78 is 5.29. The van der Waals surface area contributed by atoms with Crippen molar-refractivity contribution in [2.24, 2.45) is 0 Å². The van der Waals surface area contributed by atoms with E-state index in [0.29, 0.717) is 19.0 Å². The van der Waals surface area contributed by atoms with Crippen molar-refractivity contribution in [3.63, 3.8) is 0 Å². The van der Waals surface area contributed by atoms with Crippen molar-refractivity contribution < 1.29 is 14.3 Å². The summed E-state index contributed by atoms with van der Waals surface area (Å²) in [4.78, 5) is 24.6. The highest BCUT2D eigenvalue weighted by molar-refractivity contribution is 7.99. The molecule has 1 unspecified atom stereocenters. The number of thioether (sulfide) groups is 1. The molecule has 0 aliphatic carbocycles. The highest BCUT2D eigenvalue weighted by atomic mass is 32.2. The first kappa shape index (κ1) is 16.2. The Balaban J connectivity index is 1.62. The van der Waals surface area contributed by atoms with Gasteiger partial charge in [-0.3, -0.25) is 9.69 Å². The summed E-state index contributed by atoms with van der Waals surface area (Å²) in [6.45, 7) is 2.28. The van der Waals surface area contributed by atoms with Gasteiger partial charge in [-0.1, -0.05) is 12.1 Å². The maximum absolute atomic E-state index is 12.0. The van der Waals surface area contributed by atoms with Gasteiger partial charge < -0.3 is 10.1 Å². The van der Waals surface area contributed by atoms with Crippen LogP contribution in [0.1, 0.15) is 31.2 Å². The van der Waals surface area contributed by atoms with Gasteiger partial charge in [0.05, 0.1) is 13.1 Å². The number of rotatable bonds is 4. The summed E-state index contributed by atoms with van der Waals surface area (Å²) in [5, 5.41) is 2.69. The third-order valence-corrected chi connectivity index (χ3v) is 5.40. The molecule has 1 aromatic rings. The third kappa shape index (κ3) is 3.99. The Bertz CT molecular complexity index is 570. The second kappa shape index (κ2) is 7.25. The first-order chi connectivity index (χ1) is 11.1. The molecular formula is C17H22N2O3S. The number of ether oxygens (including phenoxy) is 1. The van der Waals surface area contributed by atoms with Crippen LogP contribution in [0, 0.1) is 0 Å². The molecule has 23 heavy (non-hydrogen) atoms. The number of benzene rings is 1. The van der Waals surface area contributed by atoms with E-state index in [0.717, 1.165) is 5.69 Å². The third-order valence-electron chi connectivity index (χ3n) is 4.35. The molecule has 0 aromatic heterocycles. The van der Waals surface area contributed by atoms with Crippen molar-refractivity contribution in [2.75, 3.05) is 29.5 Å². The molecule has 0 bridgehead atoms. The predicted molar refractivity (Wildman–Crippen MR) is 92.0 cm³/mol. The zero-order valence-corrected chi connectivity index (χ0v) is 14.1. The second-order valence-electron chi connectivity index (χ2n) is 6.03. The minimum atomic E-state index is -0.345. The summed E-state index contributed by atoms with van der Waals surface area (Å²) >= 11 is 2.02. The van der Waals surface area contributed by atoms with Crippen LogP contribution in [0.2, 0.25) is 0 Å². The van der Waals surface area contributed by atoms with Crippen molar-refractivity contribution in [3.8, 4) is 0 Å². The topological polar surface area (TPSA) is 58.6 Å². The quantitative estimate of drug-likeness (QED) is 0.920. The molecule has 0 saturated carbocycles. The van der Waals surface area contributed by atoms with Crippen LogP contribution in [0.5, 0.6) is 0 Å². The van der Waals surface area contributed by atoms with Crippen molar-refractivity contribution in [2.45, 2.75) is 31.8 Å². The number of cyclic esters (lactones) is 1. The van der Waals surface area contributed by atoms with Crippen LogP contribution in [0.4, 0.5) is 10.5 Å². The molecule has 6 heteroatoms. The molecule has 3 rings (SSSR count). The van der Waals surface area contributed by atoms with Crippen LogP contribution in [-0.4, -0.2) is 42.7 Å². The van der Waals surface area contributed by atoms with E-state index in [2.05, 4.69) is 17.4 Å². The van der Waals surface area contributed by atoms with Gasteiger partial charge in [0.15, 0.2) is 0 Å². The van der Waals surface area contributed by atoms with E-state index in [4.69, 9.17) is 4.74 Å². The molecule has 2 aliphatic heterocycles. The van der Waals surface area contributed by atoms with Crippen molar-refractivity contribution in [1.82, 2.24) is 5.32 Å². The maximum Gasteiger partial charge on any atom is 0.414 e. The summed E-state index contributed by atoms with van der Waals surface area (Å²) in [6.07, 6.45) is 1.83. The van der Waals surface area contributed by atoms with E-state index in [1.54, 1.807) is 4.90 Å². The number of anilines is 1. The Morgan fingerprint density at radius 2 is 2.00 bits per heavy atom. The van der Waals surface area contributed by atoms with Gasteiger partial charge in [0, 0.05) is 12.6 Å². The van der Waals surface area contributed by atoms with Gasteiger partial charge in [-0.15, -0.1) is 0 Å². The number of amides is 2. The summed E-state index contributed by atoms with van der Waals surface area (Å²) in [6, 6.07) is 8.26. The van der Waals surface area contributed by atoms with Gasteiger partial charge in [0.1, 0.15) is 6.10 Å². The number of hydrogen-bond acceptors (Lipinski definition) is 4. The van der Waals surface area contributed by atoms with Gasteiger partial charge >= 0.3 is 6.09 Å². The first-order valence-electron chi connectivity index (χ1n) is 8.04. The second-order valence-corrected chi connectivity index (χ2v) is 7.26. The molecule has 0 spiro atoms. The summed E-state index contributed by atoms with van der Waals surface area (Å²) in [5.41, 5.74) is 2.21. The molecule has 2 amide bonds. The van der Waals surface area contributed by atoms with Gasteiger partial charge in [0.2, 0.25) is 5.91 Å². The Morgan fingerprint density at radius 1 is 1.30 bits per heavy atom. The van der Waals surface area contributed by atoms with Gasteiger partial charge in [-0.25, -0.2) is 4.79 Å². The maximum atomic E-state index is 12.0. The number of nitrogens with one attached hydrogen (secondary N) is 1. The number of carbonyl (C=O) groups excluding carboxylic acids is 2. The normalized spacial score (nSPS) is 22.0. The predicted octanol–water partition coefficient (Wildman–Crippen LogP) is 2.76. The average molecular weight is 334 g/mol. The Kier molecular flexibility index (Phi) is 5.10. The lowest BCUT2D eigenvalue weighted by molar-refractivity contribution is -0.119. The van der Waals surface area contributed by atoms with Crippen molar-refractivity contribution in [3.05, 3.63) is 29.8 Å². The SMILES string of the molecule is CC(=O)NCC1CN(c2ccc(C3CCSCC3)cc2)C(=O)O1. The molecule has 124 valence electrons. The molecule has 5 nitrogen and oxygen atoms in total. The lowest BCUT2D eigenvalue weighted by Gasteiger charge is -2.22. The van der Waals surface area contributed by atoms with Crippen LogP contribution in [-0.2, 0) is 9.53 Å². The molecule has 2 heterocycles. The lowest BCUT2D eigenvalue weighted by atomic mass is 9.93. The molecule has 0 radical (unpaired) electrons. The Hall–Kier alpha value is -1.69. The van der Waals surface area contributed by atoms with Crippen LogP contribution in [0.15, 0.2) is 24.3 Å². The smallest absolute Gasteiger partial charge is 0.414 e. The fourth-order valence-corrected chi connectivity index (χ4v) is 4.16. The largest absolute Gasteiger partial charge is 0.442 e. The molecule has 2 aliphatic rings. The number of hydrogen-bond donors (Lipinski definition) is 1. The van der Waals surface area contributed by atoms with Gasteiger partial charge in [0.25, 0.3) is 0 Å². The number of carbonyl (C=O) groups is 2. The molecule has 1 aromatic carbocycles. The van der Waals surface area contributed by atoms with Gasteiger partial charge in [-0.2, -0.15) is 11.8 Å². The average Bonchev–Trinajstić information content (AvgIpc) is 2.95. The van der Waals surface area contributed by atoms with E-state index in [1.165, 1.54) is 36.8 Å². The molecule has 2 saturated heterocycles. The van der Waals surface area contributed by atoms with Crippen LogP contribution < -0.4 is 10.2 Å². The zero-order valence-electron chi connectivity index (χ0n) is 13.3. The standard InChI is InChI=1S/C17H22N2O3S/c1-12(20)18-10-16-11-19(17(21)22-16)15-4-2-13(3-5-15)14-6-8-23-9-7-14/h2-5,14,16H,6-11H2,1H3,(H,18,20). The highest BCUT2D eigenvalue weighted by Gasteiger charge is 2.32. The fourth-order valence-electron chi connectivity index (χ4n) is 3.05. The minimum Gasteiger partial charge on any atom is -0.442 e. The molecule has 1 N–H and O–H groups in total. The summed E-state index contributed by atoms with van der Waals surface area (Å²) in [5.74, 6) is 2.99. The van der Waals surface area contributed by atoms with E-state index < -0.39 is 0 Å². The first-order valence-corrected chi connectivity index (χ1v) is 9.19. The van der Waals surface area contributed by atoms with E-state index in [-0.39, 0.29) is 18.1 Å². The number of nitrogens with zero attached hydrogens (tertiary/aromatic N) is 1. The van der Waals surface area contributed by atoms with E-state index in [1.807, 2.05) is 23.9 Å². The fraction of sp³-hybridized carbons (Fsp3) is 0.529. The van der Waals surface area contributed by atoms with Gasteiger partial charge in [-0.05, 0) is 48.0 Å². The molecule has 1 atom stereocenters. The van der Waals surface area contributed by atoms with Crippen molar-refractivity contribution >= 4 is 29.4 Å². The van der Waals surface area contributed by atoms with Crippen LogP contribution in [0.3, 0.4) is 0 Å². The Morgan fingerprint density at radius 3 is 2.65 bits per heavy atom. The highest BCUT2D eigenvalue weighted by Crippen LogP contribution is 2.32. The summed E-state index contributed by atoms with van der Waals surface area (Å²) in [7, 11) is 0. The van der Waals surface area contributed by atoms with Crippen LogP contribution >= 0.6 is 11.8 Å². The molecular weight excluding hydrogens is 312 g/mol. The lowest BCUT2D eigenvalue weighted by Crippen LogP contribution is -2.33. The van der Waals surface area contributed by atoms with Crippen LogP contribution in [0.25, 0.3) is 0 Å². The van der Waals surface area contributed by atoms with Crippen molar-refractivity contribution in [1.29, 1.82) is 0 Å². The monoisotopic (exact) mass is 334 g/mol. The Labute approximate surface area is 140 Å². The molecule has 2 fully saturated rings. The minimum absolute atomic E-state index is 0.116. The zero-order chi connectivity index (χ0) is 16.2. The van der Waals surface area contributed by atoms with E-state index in [9.17, 15) is 9.59 Å². The van der Waals surface area contributed by atoms with E-state index >= 15 is 0 Å².